The Hall–Kier alpha value is -1.99. The summed E-state index contributed by atoms with van der Waals surface area (Å²) in [5, 5.41) is 0. The van der Waals surface area contributed by atoms with Gasteiger partial charge >= 0.3 is 0 Å². The molecule has 2 fully saturated rings. The molecule has 0 spiro atoms. The summed E-state index contributed by atoms with van der Waals surface area (Å²) in [5.41, 5.74) is 3.91. The van der Waals surface area contributed by atoms with E-state index in [0.717, 1.165) is 50.4 Å². The molecule has 0 unspecified atom stereocenters. The van der Waals surface area contributed by atoms with Gasteiger partial charge in [-0.2, -0.15) is 0 Å². The Labute approximate surface area is 168 Å². The predicted molar refractivity (Wildman–Crippen MR) is 109 cm³/mol. The fourth-order valence-corrected chi connectivity index (χ4v) is 5.70. The summed E-state index contributed by atoms with van der Waals surface area (Å²) >= 11 is 1.40. The molecular formula is C21H26N4O2S. The van der Waals surface area contributed by atoms with Crippen molar-refractivity contribution in [3.63, 3.8) is 0 Å². The van der Waals surface area contributed by atoms with E-state index in [-0.39, 0.29) is 17.4 Å². The molecule has 0 radical (unpaired) electrons. The van der Waals surface area contributed by atoms with E-state index in [9.17, 15) is 9.59 Å². The molecule has 2 aromatic rings. The van der Waals surface area contributed by atoms with Crippen LogP contribution in [0.4, 0.5) is 0 Å². The lowest BCUT2D eigenvalue weighted by Gasteiger charge is -2.42. The van der Waals surface area contributed by atoms with Crippen molar-refractivity contribution in [3.05, 3.63) is 50.3 Å². The number of hydrogen-bond acceptors (Lipinski definition) is 5. The van der Waals surface area contributed by atoms with Crippen LogP contribution in [0.3, 0.4) is 0 Å². The first-order valence-corrected chi connectivity index (χ1v) is 11.2. The van der Waals surface area contributed by atoms with Crippen LogP contribution in [0.1, 0.15) is 52.5 Å². The fraction of sp³-hybridized carbons (Fsp3) is 0.571. The Morgan fingerprint density at radius 3 is 2.79 bits per heavy atom. The van der Waals surface area contributed by atoms with Gasteiger partial charge in [-0.15, -0.1) is 11.3 Å². The van der Waals surface area contributed by atoms with Gasteiger partial charge in [0.1, 0.15) is 4.88 Å². The highest BCUT2D eigenvalue weighted by Gasteiger charge is 2.37. The number of amides is 1. The third-order valence-corrected chi connectivity index (χ3v) is 7.22. The van der Waals surface area contributed by atoms with Crippen molar-refractivity contribution in [3.8, 4) is 0 Å². The van der Waals surface area contributed by atoms with E-state index in [1.54, 1.807) is 11.7 Å². The third kappa shape index (κ3) is 3.31. The Morgan fingerprint density at radius 2 is 2.00 bits per heavy atom. The van der Waals surface area contributed by atoms with Crippen LogP contribution < -0.4 is 5.56 Å². The van der Waals surface area contributed by atoms with Crippen LogP contribution in [-0.2, 0) is 13.1 Å². The number of nitrogens with zero attached hydrogens (tertiary/aromatic N) is 4. The van der Waals surface area contributed by atoms with E-state index < -0.39 is 0 Å². The maximum atomic E-state index is 13.2. The number of aromatic nitrogens is 2. The molecule has 5 heterocycles. The van der Waals surface area contributed by atoms with Crippen molar-refractivity contribution in [1.82, 2.24) is 19.4 Å². The first-order valence-electron chi connectivity index (χ1n) is 10.3. The molecule has 5 rings (SSSR count). The highest BCUT2D eigenvalue weighted by Crippen LogP contribution is 2.36. The number of pyridine rings is 1. The molecule has 28 heavy (non-hydrogen) atoms. The topological polar surface area (TPSA) is 58.4 Å². The van der Waals surface area contributed by atoms with Crippen LogP contribution in [0.2, 0.25) is 0 Å². The van der Waals surface area contributed by atoms with E-state index in [4.69, 9.17) is 0 Å². The Kier molecular flexibility index (Phi) is 4.80. The summed E-state index contributed by atoms with van der Waals surface area (Å²) < 4.78 is 2.01. The second kappa shape index (κ2) is 7.44. The molecule has 0 aromatic carbocycles. The van der Waals surface area contributed by atoms with Crippen LogP contribution >= 0.6 is 11.3 Å². The predicted octanol–water partition coefficient (Wildman–Crippen LogP) is 2.55. The van der Waals surface area contributed by atoms with Gasteiger partial charge in [0.25, 0.3) is 11.5 Å². The summed E-state index contributed by atoms with van der Waals surface area (Å²) in [4.78, 5) is 35.0. The molecule has 2 aromatic heterocycles. The number of carbonyl (C=O) groups excluding carboxylic acids is 1. The summed E-state index contributed by atoms with van der Waals surface area (Å²) in [6, 6.07) is 4.18. The van der Waals surface area contributed by atoms with Crippen molar-refractivity contribution in [2.24, 2.45) is 5.92 Å². The minimum atomic E-state index is 0.0784. The standard InChI is InChI=1S/C21H26N4O2S/c26-20-16(12-23-6-2-1-3-7-23)4-5-18-17-8-15(11-25(18)20)10-24(13-17)21(27)19-9-22-14-28-19/h4-5,9,14-15,17H,1-3,6-8,10-13H2/t15-,17+/m0/s1. The summed E-state index contributed by atoms with van der Waals surface area (Å²) in [5.74, 6) is 0.682. The van der Waals surface area contributed by atoms with E-state index in [0.29, 0.717) is 17.3 Å². The molecule has 7 heteroatoms. The lowest BCUT2D eigenvalue weighted by Crippen LogP contribution is -2.49. The molecule has 148 valence electrons. The van der Waals surface area contributed by atoms with E-state index in [2.05, 4.69) is 16.0 Å². The van der Waals surface area contributed by atoms with Gasteiger partial charge in [-0.05, 0) is 44.3 Å². The first kappa shape index (κ1) is 18.1. The zero-order valence-corrected chi connectivity index (χ0v) is 16.9. The molecule has 0 aliphatic carbocycles. The highest BCUT2D eigenvalue weighted by molar-refractivity contribution is 7.11. The maximum Gasteiger partial charge on any atom is 0.265 e. The van der Waals surface area contributed by atoms with Crippen LogP contribution in [0.15, 0.2) is 28.6 Å². The van der Waals surface area contributed by atoms with Gasteiger partial charge in [0.2, 0.25) is 0 Å². The number of hydrogen-bond donors (Lipinski definition) is 0. The highest BCUT2D eigenvalue weighted by atomic mass is 32.1. The average Bonchev–Trinajstić information content (AvgIpc) is 3.25. The van der Waals surface area contributed by atoms with E-state index in [1.165, 1.54) is 30.6 Å². The van der Waals surface area contributed by atoms with Gasteiger partial charge in [0.05, 0.1) is 11.7 Å². The van der Waals surface area contributed by atoms with Crippen molar-refractivity contribution >= 4 is 17.2 Å². The van der Waals surface area contributed by atoms with Crippen LogP contribution in [0.5, 0.6) is 0 Å². The molecule has 0 saturated carbocycles. The lowest BCUT2D eigenvalue weighted by atomic mass is 9.83. The number of fused-ring (bicyclic) bond motifs is 4. The van der Waals surface area contributed by atoms with Crippen molar-refractivity contribution < 1.29 is 4.79 Å². The Balaban J connectivity index is 1.38. The number of rotatable bonds is 3. The molecule has 2 bridgehead atoms. The number of thiazole rings is 1. The molecule has 3 aliphatic rings. The van der Waals surface area contributed by atoms with Gasteiger partial charge < -0.3 is 9.47 Å². The molecular weight excluding hydrogens is 372 g/mol. The van der Waals surface area contributed by atoms with Crippen LogP contribution in [-0.4, -0.2) is 51.4 Å². The minimum absolute atomic E-state index is 0.0784. The third-order valence-electron chi connectivity index (χ3n) is 6.46. The average molecular weight is 399 g/mol. The summed E-state index contributed by atoms with van der Waals surface area (Å²) in [7, 11) is 0. The number of piperidine rings is 2. The second-order valence-electron chi connectivity index (χ2n) is 8.41. The quantitative estimate of drug-likeness (QED) is 0.797. The number of likely N-dealkylation sites (tertiary alicyclic amines) is 2. The van der Waals surface area contributed by atoms with E-state index in [1.807, 2.05) is 15.5 Å². The molecule has 3 aliphatic heterocycles. The lowest BCUT2D eigenvalue weighted by molar-refractivity contribution is 0.0598. The fourth-order valence-electron chi connectivity index (χ4n) is 5.11. The second-order valence-corrected chi connectivity index (χ2v) is 9.30. The number of carbonyl (C=O) groups is 1. The largest absolute Gasteiger partial charge is 0.337 e. The van der Waals surface area contributed by atoms with Crippen LogP contribution in [0.25, 0.3) is 0 Å². The molecule has 2 atom stereocenters. The van der Waals surface area contributed by atoms with Gasteiger partial charge in [0.15, 0.2) is 0 Å². The van der Waals surface area contributed by atoms with Gasteiger partial charge in [-0.1, -0.05) is 12.5 Å². The van der Waals surface area contributed by atoms with Gasteiger partial charge in [-0.3, -0.25) is 19.5 Å². The smallest absolute Gasteiger partial charge is 0.265 e. The van der Waals surface area contributed by atoms with Gasteiger partial charge in [0, 0.05) is 43.4 Å². The van der Waals surface area contributed by atoms with Crippen molar-refractivity contribution in [2.45, 2.75) is 44.7 Å². The van der Waals surface area contributed by atoms with E-state index >= 15 is 0 Å². The molecule has 1 amide bonds. The Morgan fingerprint density at radius 1 is 1.14 bits per heavy atom. The zero-order valence-electron chi connectivity index (χ0n) is 16.0. The van der Waals surface area contributed by atoms with Crippen LogP contribution in [0, 0.1) is 5.92 Å². The first-order chi connectivity index (χ1) is 13.7. The molecule has 0 N–H and O–H groups in total. The minimum Gasteiger partial charge on any atom is -0.337 e. The van der Waals surface area contributed by atoms with Crippen molar-refractivity contribution in [1.29, 1.82) is 0 Å². The Bertz CT molecular complexity index is 917. The maximum absolute atomic E-state index is 13.2. The van der Waals surface area contributed by atoms with Crippen molar-refractivity contribution in [2.75, 3.05) is 26.2 Å². The SMILES string of the molecule is O=C(c1cncs1)N1C[C@@H]2C[C@H](C1)c1ccc(CN3CCCCC3)c(=O)n1C2. The summed E-state index contributed by atoms with van der Waals surface area (Å²) in [6.45, 7) is 5.12. The molecule has 6 nitrogen and oxygen atoms in total. The zero-order chi connectivity index (χ0) is 19.1. The summed E-state index contributed by atoms with van der Waals surface area (Å²) in [6.07, 6.45) is 6.50. The monoisotopic (exact) mass is 398 g/mol. The normalized spacial score (nSPS) is 24.8. The molecule has 2 saturated heterocycles. The van der Waals surface area contributed by atoms with Gasteiger partial charge in [-0.25, -0.2) is 0 Å².